The Bertz CT molecular complexity index is 432. The number of hydrogen-bond donors (Lipinski definition) is 1. The van der Waals surface area contributed by atoms with Crippen molar-refractivity contribution in [2.45, 2.75) is 37.5 Å². The quantitative estimate of drug-likeness (QED) is 0.848. The molecule has 1 saturated carbocycles. The molecule has 3 rings (SSSR count). The van der Waals surface area contributed by atoms with Crippen LogP contribution in [0.5, 0.6) is 0 Å². The molecule has 0 bridgehead atoms. The van der Waals surface area contributed by atoms with E-state index in [9.17, 15) is 0 Å². The molecule has 98 valence electrons. The van der Waals surface area contributed by atoms with Crippen molar-refractivity contribution in [1.29, 1.82) is 0 Å². The Morgan fingerprint density at radius 2 is 1.89 bits per heavy atom. The van der Waals surface area contributed by atoms with Crippen LogP contribution in [0.4, 0.5) is 0 Å². The topological polar surface area (TPSA) is 12.0 Å². The van der Waals surface area contributed by atoms with Crippen LogP contribution in [0.15, 0.2) is 18.2 Å². The smallest absolute Gasteiger partial charge is 0.0595 e. The Hall–Kier alpha value is -0.240. The van der Waals surface area contributed by atoms with E-state index in [1.807, 2.05) is 6.07 Å². The highest BCUT2D eigenvalue weighted by Gasteiger charge is 2.43. The molecule has 1 atom stereocenters. The van der Waals surface area contributed by atoms with E-state index < -0.39 is 0 Å². The fourth-order valence-corrected chi connectivity index (χ4v) is 4.17. The molecular formula is C15H19Cl2N. The minimum Gasteiger partial charge on any atom is -0.316 e. The molecule has 1 aromatic rings. The summed E-state index contributed by atoms with van der Waals surface area (Å²) in [6.45, 7) is 2.31. The molecule has 0 unspecified atom stereocenters. The molecule has 1 heterocycles. The monoisotopic (exact) mass is 283 g/mol. The Morgan fingerprint density at radius 1 is 1.11 bits per heavy atom. The minimum absolute atomic E-state index is 0.345. The normalized spacial score (nSPS) is 26.7. The second kappa shape index (κ2) is 5.03. The average Bonchev–Trinajstić information content (AvgIpc) is 3.01. The van der Waals surface area contributed by atoms with Gasteiger partial charge >= 0.3 is 0 Å². The van der Waals surface area contributed by atoms with E-state index >= 15 is 0 Å². The van der Waals surface area contributed by atoms with Crippen LogP contribution in [0.2, 0.25) is 10.0 Å². The van der Waals surface area contributed by atoms with E-state index in [0.717, 1.165) is 19.0 Å². The van der Waals surface area contributed by atoms with Gasteiger partial charge in [0.2, 0.25) is 0 Å². The molecule has 1 nitrogen and oxygen atoms in total. The van der Waals surface area contributed by atoms with Crippen LogP contribution in [0.3, 0.4) is 0 Å². The maximum Gasteiger partial charge on any atom is 0.0595 e. The molecule has 1 aliphatic heterocycles. The van der Waals surface area contributed by atoms with Crippen molar-refractivity contribution in [3.8, 4) is 0 Å². The van der Waals surface area contributed by atoms with Crippen LogP contribution in [0.1, 0.15) is 37.7 Å². The summed E-state index contributed by atoms with van der Waals surface area (Å²) in [5, 5.41) is 4.88. The van der Waals surface area contributed by atoms with E-state index in [4.69, 9.17) is 23.2 Å². The lowest BCUT2D eigenvalue weighted by Gasteiger charge is -2.36. The summed E-state index contributed by atoms with van der Waals surface area (Å²) < 4.78 is 0. The number of benzene rings is 1. The summed E-state index contributed by atoms with van der Waals surface area (Å²) in [6, 6.07) is 6.26. The van der Waals surface area contributed by atoms with E-state index in [0.29, 0.717) is 15.5 Å². The highest BCUT2D eigenvalue weighted by molar-refractivity contribution is 6.42. The zero-order valence-electron chi connectivity index (χ0n) is 10.5. The standard InChI is InChI=1S/C15H19Cl2N/c16-13-4-3-11(9-14(13)17)15(6-1-2-7-15)12-5-8-18-10-12/h3-4,9,12,18H,1-2,5-8,10H2/t12-/m0/s1. The third-order valence-electron chi connectivity index (χ3n) is 4.83. The molecule has 0 amide bonds. The number of nitrogens with one attached hydrogen (secondary N) is 1. The van der Waals surface area contributed by atoms with Crippen molar-refractivity contribution in [2.75, 3.05) is 13.1 Å². The average molecular weight is 284 g/mol. The van der Waals surface area contributed by atoms with Crippen LogP contribution < -0.4 is 5.32 Å². The van der Waals surface area contributed by atoms with Gasteiger partial charge in [-0.1, -0.05) is 42.1 Å². The number of rotatable bonds is 2. The largest absolute Gasteiger partial charge is 0.316 e. The van der Waals surface area contributed by atoms with Crippen molar-refractivity contribution in [3.05, 3.63) is 33.8 Å². The maximum atomic E-state index is 6.21. The van der Waals surface area contributed by atoms with Crippen LogP contribution >= 0.6 is 23.2 Å². The first-order chi connectivity index (χ1) is 8.72. The minimum atomic E-state index is 0.345. The van der Waals surface area contributed by atoms with E-state index in [-0.39, 0.29) is 0 Å². The summed E-state index contributed by atoms with van der Waals surface area (Å²) >= 11 is 12.3. The van der Waals surface area contributed by atoms with Crippen molar-refractivity contribution in [1.82, 2.24) is 5.32 Å². The van der Waals surface area contributed by atoms with Gasteiger partial charge in [-0.05, 0) is 61.4 Å². The van der Waals surface area contributed by atoms with Gasteiger partial charge in [0.1, 0.15) is 0 Å². The zero-order valence-corrected chi connectivity index (χ0v) is 12.0. The van der Waals surface area contributed by atoms with E-state index in [1.165, 1.54) is 37.7 Å². The molecule has 2 fully saturated rings. The van der Waals surface area contributed by atoms with Crippen LogP contribution in [0.25, 0.3) is 0 Å². The van der Waals surface area contributed by atoms with Gasteiger partial charge < -0.3 is 5.32 Å². The fourth-order valence-electron chi connectivity index (χ4n) is 3.87. The summed E-state index contributed by atoms with van der Waals surface area (Å²) in [4.78, 5) is 0. The summed E-state index contributed by atoms with van der Waals surface area (Å²) in [5.74, 6) is 0.761. The Morgan fingerprint density at radius 3 is 2.50 bits per heavy atom. The van der Waals surface area contributed by atoms with Gasteiger partial charge in [0.05, 0.1) is 10.0 Å². The lowest BCUT2D eigenvalue weighted by Crippen LogP contribution is -2.33. The fraction of sp³-hybridized carbons (Fsp3) is 0.600. The number of halogens is 2. The second-order valence-corrected chi connectivity index (χ2v) is 6.50. The van der Waals surface area contributed by atoms with Gasteiger partial charge in [0, 0.05) is 0 Å². The van der Waals surface area contributed by atoms with E-state index in [1.54, 1.807) is 0 Å². The van der Waals surface area contributed by atoms with Crippen LogP contribution in [-0.2, 0) is 5.41 Å². The van der Waals surface area contributed by atoms with Gasteiger partial charge in [-0.15, -0.1) is 0 Å². The third kappa shape index (κ3) is 2.07. The predicted octanol–water partition coefficient (Wildman–Crippen LogP) is 4.41. The first kappa shape index (κ1) is 12.8. The van der Waals surface area contributed by atoms with Gasteiger partial charge in [-0.2, -0.15) is 0 Å². The highest BCUT2D eigenvalue weighted by atomic mass is 35.5. The summed E-state index contributed by atoms with van der Waals surface area (Å²) in [7, 11) is 0. The Kier molecular flexibility index (Phi) is 3.57. The molecule has 2 aliphatic rings. The first-order valence-electron chi connectivity index (χ1n) is 6.89. The Balaban J connectivity index is 2.00. The molecule has 18 heavy (non-hydrogen) atoms. The first-order valence-corrected chi connectivity index (χ1v) is 7.64. The van der Waals surface area contributed by atoms with Crippen molar-refractivity contribution in [3.63, 3.8) is 0 Å². The van der Waals surface area contributed by atoms with Gasteiger partial charge in [-0.3, -0.25) is 0 Å². The van der Waals surface area contributed by atoms with Gasteiger partial charge in [-0.25, -0.2) is 0 Å². The summed E-state index contributed by atoms with van der Waals surface area (Å²) in [5.41, 5.74) is 1.75. The van der Waals surface area contributed by atoms with Crippen molar-refractivity contribution < 1.29 is 0 Å². The molecule has 0 radical (unpaired) electrons. The third-order valence-corrected chi connectivity index (χ3v) is 5.57. The molecule has 0 spiro atoms. The van der Waals surface area contributed by atoms with Crippen LogP contribution in [-0.4, -0.2) is 13.1 Å². The molecule has 1 saturated heterocycles. The molecular weight excluding hydrogens is 265 g/mol. The molecule has 1 aromatic carbocycles. The van der Waals surface area contributed by atoms with Crippen LogP contribution in [0, 0.1) is 5.92 Å². The number of hydrogen-bond acceptors (Lipinski definition) is 1. The zero-order chi connectivity index (χ0) is 12.6. The lowest BCUT2D eigenvalue weighted by molar-refractivity contribution is 0.291. The Labute approximate surface area is 119 Å². The lowest BCUT2D eigenvalue weighted by atomic mass is 9.68. The maximum absolute atomic E-state index is 6.21. The molecule has 1 N–H and O–H groups in total. The van der Waals surface area contributed by atoms with E-state index in [2.05, 4.69) is 17.4 Å². The predicted molar refractivity (Wildman–Crippen MR) is 77.6 cm³/mol. The van der Waals surface area contributed by atoms with Crippen molar-refractivity contribution >= 4 is 23.2 Å². The molecule has 0 aromatic heterocycles. The van der Waals surface area contributed by atoms with Crippen molar-refractivity contribution in [2.24, 2.45) is 5.92 Å². The van der Waals surface area contributed by atoms with Gasteiger partial charge in [0.25, 0.3) is 0 Å². The second-order valence-electron chi connectivity index (χ2n) is 5.68. The molecule has 1 aliphatic carbocycles. The van der Waals surface area contributed by atoms with Gasteiger partial charge in [0.15, 0.2) is 0 Å². The molecule has 3 heteroatoms. The summed E-state index contributed by atoms with van der Waals surface area (Å²) in [6.07, 6.45) is 6.59. The highest BCUT2D eigenvalue weighted by Crippen LogP contribution is 2.49. The SMILES string of the molecule is Clc1ccc(C2([C@H]3CCNC3)CCCC2)cc1Cl.